The number of nitrogens with zero attached hydrogens (tertiary/aromatic N) is 3. The summed E-state index contributed by atoms with van der Waals surface area (Å²) in [5, 5.41) is 10.6. The summed E-state index contributed by atoms with van der Waals surface area (Å²) >= 11 is 7.63. The SMILES string of the molecule is CCCCCCC/C(=C/c1nc2ccccc2s1)N=Nc1ccc(Cl)cc1. The molecule has 3 aromatic rings. The summed E-state index contributed by atoms with van der Waals surface area (Å²) in [6.45, 7) is 2.23. The fraction of sp³-hybridized carbons (Fsp3) is 0.318. The molecule has 0 amide bonds. The summed E-state index contributed by atoms with van der Waals surface area (Å²) in [6.07, 6.45) is 9.16. The number of fused-ring (bicyclic) bond motifs is 1. The fourth-order valence-corrected chi connectivity index (χ4v) is 3.84. The summed E-state index contributed by atoms with van der Waals surface area (Å²) in [5.74, 6) is 0. The van der Waals surface area contributed by atoms with Gasteiger partial charge in [0.15, 0.2) is 0 Å². The van der Waals surface area contributed by atoms with Gasteiger partial charge in [-0.25, -0.2) is 4.98 Å². The summed E-state index contributed by atoms with van der Waals surface area (Å²) in [7, 11) is 0. The van der Waals surface area contributed by atoms with E-state index in [1.54, 1.807) is 11.3 Å². The van der Waals surface area contributed by atoms with Gasteiger partial charge in [0.05, 0.1) is 21.6 Å². The highest BCUT2D eigenvalue weighted by atomic mass is 35.5. The fourth-order valence-electron chi connectivity index (χ4n) is 2.78. The third kappa shape index (κ3) is 6.26. The Balaban J connectivity index is 1.76. The molecule has 0 atom stereocenters. The smallest absolute Gasteiger partial charge is 0.119 e. The van der Waals surface area contributed by atoms with Gasteiger partial charge in [0.2, 0.25) is 0 Å². The standard InChI is InChI=1S/C22H24ClN3S/c1-2-3-4-5-6-9-19(26-25-18-14-12-17(23)13-15-18)16-22-24-20-10-7-8-11-21(20)27-22/h7-8,10-16H,2-6,9H2,1H3/b19-16-,26-25?. The quantitative estimate of drug-likeness (QED) is 0.263. The molecule has 3 rings (SSSR count). The predicted molar refractivity (Wildman–Crippen MR) is 117 cm³/mol. The van der Waals surface area contributed by atoms with Crippen LogP contribution in [0.2, 0.25) is 5.02 Å². The summed E-state index contributed by atoms with van der Waals surface area (Å²) in [5.41, 5.74) is 2.81. The van der Waals surface area contributed by atoms with Crippen LogP contribution in [0, 0.1) is 0 Å². The van der Waals surface area contributed by atoms with Crippen LogP contribution in [0.25, 0.3) is 16.3 Å². The highest BCUT2D eigenvalue weighted by molar-refractivity contribution is 7.19. The average Bonchev–Trinajstić information content (AvgIpc) is 3.09. The van der Waals surface area contributed by atoms with E-state index < -0.39 is 0 Å². The van der Waals surface area contributed by atoms with Gasteiger partial charge in [-0.15, -0.1) is 11.3 Å². The molecule has 5 heteroatoms. The molecule has 2 aromatic carbocycles. The molecule has 1 aromatic heterocycles. The number of unbranched alkanes of at least 4 members (excludes halogenated alkanes) is 4. The Labute approximate surface area is 169 Å². The molecule has 0 saturated carbocycles. The van der Waals surface area contributed by atoms with E-state index in [1.807, 2.05) is 42.5 Å². The first-order chi connectivity index (χ1) is 13.2. The number of azo groups is 1. The van der Waals surface area contributed by atoms with Crippen molar-refractivity contribution in [3.8, 4) is 0 Å². The lowest BCUT2D eigenvalue weighted by Gasteiger charge is -2.01. The highest BCUT2D eigenvalue weighted by Gasteiger charge is 2.04. The number of allylic oxidation sites excluding steroid dienone is 1. The molecule has 0 aliphatic rings. The minimum absolute atomic E-state index is 0.704. The van der Waals surface area contributed by atoms with E-state index in [-0.39, 0.29) is 0 Å². The Morgan fingerprint density at radius 2 is 1.81 bits per heavy atom. The third-order valence-electron chi connectivity index (χ3n) is 4.26. The maximum Gasteiger partial charge on any atom is 0.119 e. The minimum Gasteiger partial charge on any atom is -0.237 e. The van der Waals surface area contributed by atoms with Gasteiger partial charge >= 0.3 is 0 Å². The first-order valence-electron chi connectivity index (χ1n) is 9.48. The molecule has 1 heterocycles. The third-order valence-corrected chi connectivity index (χ3v) is 5.49. The molecule has 0 aliphatic heterocycles. The largest absolute Gasteiger partial charge is 0.237 e. The van der Waals surface area contributed by atoms with E-state index in [9.17, 15) is 0 Å². The van der Waals surface area contributed by atoms with Crippen molar-refractivity contribution >= 4 is 44.9 Å². The van der Waals surface area contributed by atoms with Crippen molar-refractivity contribution in [2.24, 2.45) is 10.2 Å². The van der Waals surface area contributed by atoms with Gasteiger partial charge in [-0.2, -0.15) is 10.2 Å². The number of halogens is 1. The maximum absolute atomic E-state index is 5.94. The van der Waals surface area contributed by atoms with Gasteiger partial charge in [0, 0.05) is 5.02 Å². The lowest BCUT2D eigenvalue weighted by molar-refractivity contribution is 0.628. The van der Waals surface area contributed by atoms with Crippen LogP contribution < -0.4 is 0 Å². The van der Waals surface area contributed by atoms with Gasteiger partial charge in [-0.1, -0.05) is 56.3 Å². The van der Waals surface area contributed by atoms with Crippen LogP contribution in [0.15, 0.2) is 64.5 Å². The molecule has 0 spiro atoms. The van der Waals surface area contributed by atoms with Crippen molar-refractivity contribution in [2.75, 3.05) is 0 Å². The first kappa shape index (κ1) is 19.7. The second-order valence-corrected chi connectivity index (χ2v) is 7.99. The Morgan fingerprint density at radius 3 is 2.59 bits per heavy atom. The number of hydrogen-bond donors (Lipinski definition) is 0. The average molecular weight is 398 g/mol. The highest BCUT2D eigenvalue weighted by Crippen LogP contribution is 2.26. The van der Waals surface area contributed by atoms with E-state index in [0.29, 0.717) is 5.02 Å². The zero-order valence-corrected chi connectivity index (χ0v) is 17.1. The summed E-state index contributed by atoms with van der Waals surface area (Å²) in [6, 6.07) is 15.6. The molecule has 0 fully saturated rings. The van der Waals surface area contributed by atoms with Crippen LogP contribution in [0.1, 0.15) is 50.5 Å². The zero-order valence-electron chi connectivity index (χ0n) is 15.6. The van der Waals surface area contributed by atoms with Crippen molar-refractivity contribution in [1.29, 1.82) is 0 Å². The number of rotatable bonds is 9. The Hall–Kier alpha value is -2.04. The lowest BCUT2D eigenvalue weighted by atomic mass is 10.1. The predicted octanol–water partition coefficient (Wildman–Crippen LogP) is 8.44. The van der Waals surface area contributed by atoms with Crippen molar-refractivity contribution < 1.29 is 0 Å². The van der Waals surface area contributed by atoms with Gasteiger partial charge < -0.3 is 0 Å². The lowest BCUT2D eigenvalue weighted by Crippen LogP contribution is -1.83. The van der Waals surface area contributed by atoms with Crippen LogP contribution in [0.3, 0.4) is 0 Å². The number of benzene rings is 2. The summed E-state index contributed by atoms with van der Waals surface area (Å²) in [4.78, 5) is 4.70. The molecule has 27 heavy (non-hydrogen) atoms. The minimum atomic E-state index is 0.704. The van der Waals surface area contributed by atoms with Crippen molar-refractivity contribution in [3.05, 3.63) is 64.3 Å². The molecule has 0 unspecified atom stereocenters. The Bertz CT molecular complexity index is 880. The number of hydrogen-bond acceptors (Lipinski definition) is 4. The first-order valence-corrected chi connectivity index (χ1v) is 10.7. The number of para-hydroxylation sites is 1. The molecule has 0 radical (unpaired) electrons. The second-order valence-electron chi connectivity index (χ2n) is 6.50. The topological polar surface area (TPSA) is 37.6 Å². The van der Waals surface area contributed by atoms with Crippen LogP contribution in [0.4, 0.5) is 5.69 Å². The van der Waals surface area contributed by atoms with Crippen molar-refractivity contribution in [2.45, 2.75) is 45.4 Å². The normalized spacial score (nSPS) is 12.3. The van der Waals surface area contributed by atoms with E-state index >= 15 is 0 Å². The monoisotopic (exact) mass is 397 g/mol. The maximum atomic E-state index is 5.94. The van der Waals surface area contributed by atoms with Crippen LogP contribution >= 0.6 is 22.9 Å². The van der Waals surface area contributed by atoms with Crippen LogP contribution in [0.5, 0.6) is 0 Å². The molecule has 0 bridgehead atoms. The van der Waals surface area contributed by atoms with Crippen molar-refractivity contribution in [3.63, 3.8) is 0 Å². The van der Waals surface area contributed by atoms with Crippen LogP contribution in [-0.4, -0.2) is 4.98 Å². The van der Waals surface area contributed by atoms with Crippen molar-refractivity contribution in [1.82, 2.24) is 4.98 Å². The second kappa shape index (κ2) is 10.3. The van der Waals surface area contributed by atoms with E-state index in [2.05, 4.69) is 29.3 Å². The van der Waals surface area contributed by atoms with Gasteiger partial charge in [0.1, 0.15) is 5.01 Å². The molecule has 3 nitrogen and oxygen atoms in total. The van der Waals surface area contributed by atoms with Gasteiger partial charge in [-0.3, -0.25) is 0 Å². The molecular weight excluding hydrogens is 374 g/mol. The van der Waals surface area contributed by atoms with E-state index in [4.69, 9.17) is 16.6 Å². The Kier molecular flexibility index (Phi) is 7.55. The van der Waals surface area contributed by atoms with Gasteiger partial charge in [-0.05, 0) is 55.3 Å². The number of aromatic nitrogens is 1. The molecule has 140 valence electrons. The Morgan fingerprint density at radius 1 is 1.04 bits per heavy atom. The molecule has 0 saturated heterocycles. The zero-order chi connectivity index (χ0) is 18.9. The van der Waals surface area contributed by atoms with Crippen LogP contribution in [-0.2, 0) is 0 Å². The van der Waals surface area contributed by atoms with E-state index in [0.717, 1.165) is 34.8 Å². The van der Waals surface area contributed by atoms with Gasteiger partial charge in [0.25, 0.3) is 0 Å². The molecule has 0 N–H and O–H groups in total. The summed E-state index contributed by atoms with van der Waals surface area (Å²) < 4.78 is 1.20. The number of thiazole rings is 1. The van der Waals surface area contributed by atoms with E-state index in [1.165, 1.54) is 30.4 Å². The molecule has 0 aliphatic carbocycles. The molecular formula is C22H24ClN3S.